The Kier molecular flexibility index (Phi) is 7.28. The summed E-state index contributed by atoms with van der Waals surface area (Å²) in [6.45, 7) is 6.87. The average molecular weight is 793 g/mol. The Hall–Kier alpha value is -7.75. The van der Waals surface area contributed by atoms with Crippen LogP contribution in [0.5, 0.6) is 0 Å². The van der Waals surface area contributed by atoms with Crippen molar-refractivity contribution in [2.24, 2.45) is 0 Å². The van der Waals surface area contributed by atoms with Gasteiger partial charge in [-0.05, 0) is 139 Å². The maximum absolute atomic E-state index is 6.82. The smallest absolute Gasteiger partial charge is 0.307 e. The molecule has 3 nitrogen and oxygen atoms in total. The molecule has 13 aromatic rings. The van der Waals surface area contributed by atoms with Crippen LogP contribution in [-0.4, -0.2) is 9.38 Å². The van der Waals surface area contributed by atoms with Gasteiger partial charge >= 0.3 is 5.84 Å². The number of para-hydroxylation sites is 2. The summed E-state index contributed by atoms with van der Waals surface area (Å²) < 4.78 is 8.98. The van der Waals surface area contributed by atoms with E-state index >= 15 is 0 Å². The molecular formula is C59H40N2O. The molecule has 0 radical (unpaired) electrons. The van der Waals surface area contributed by atoms with Crippen molar-refractivity contribution in [3.63, 3.8) is 0 Å². The second-order valence-electron chi connectivity index (χ2n) is 17.8. The number of aromatic nitrogens is 2. The summed E-state index contributed by atoms with van der Waals surface area (Å²) in [5.41, 5.74) is 7.15. The van der Waals surface area contributed by atoms with Gasteiger partial charge in [0.25, 0.3) is 0 Å². The molecule has 0 bridgehead atoms. The molecule has 0 aliphatic carbocycles. The van der Waals surface area contributed by atoms with Crippen LogP contribution < -0.4 is 0 Å². The van der Waals surface area contributed by atoms with E-state index in [4.69, 9.17) is 9.40 Å². The van der Waals surface area contributed by atoms with Gasteiger partial charge in [0.15, 0.2) is 5.58 Å². The third-order valence-corrected chi connectivity index (χ3v) is 13.3. The van der Waals surface area contributed by atoms with Gasteiger partial charge in [0.2, 0.25) is 0 Å². The Morgan fingerprint density at radius 2 is 0.758 bits per heavy atom. The van der Waals surface area contributed by atoms with Gasteiger partial charge in [-0.3, -0.25) is 4.40 Å². The third kappa shape index (κ3) is 4.97. The second kappa shape index (κ2) is 12.9. The number of rotatable bonds is 1. The molecule has 11 aromatic carbocycles. The summed E-state index contributed by atoms with van der Waals surface area (Å²) in [6.07, 6.45) is 0. The number of hydrogen-bond acceptors (Lipinski definition) is 2. The first-order valence-corrected chi connectivity index (χ1v) is 21.5. The lowest BCUT2D eigenvalue weighted by Crippen LogP contribution is -2.13. The SMILES string of the molecule is CC(C)(C)c1ccc2c(oc3nc4ccccc4n32)c1-c1ccc2c3ccccc3c3cc4c5ccccc5c5ccccc5c5ccccc5c4cc3c3ccccc3c2c1. The standard InChI is InChI=1S/C59H40N2O/c1-59(2,3)52-30-31-55-57(62-58-60-53-26-14-15-27-54(53)61(55)58)56(52)35-28-29-46-40-20-8-11-23-43(40)50-33-48-41-21-9-6-18-38(41)36-16-4-5-17-37(36)39-19-7-10-22-42(39)49(48)34-51(50)45-25-13-12-24-44(45)47(46)32-35/h4-34H,1-3H3. The fraction of sp³-hybridized carbons (Fsp3) is 0.0678. The highest BCUT2D eigenvalue weighted by molar-refractivity contribution is 6.32. The van der Waals surface area contributed by atoms with Crippen molar-refractivity contribution in [3.05, 3.63) is 194 Å². The molecule has 0 amide bonds. The van der Waals surface area contributed by atoms with Crippen LogP contribution >= 0.6 is 0 Å². The normalized spacial score (nSPS) is 12.4. The molecule has 2 aromatic heterocycles. The number of nitrogens with zero attached hydrogens (tertiary/aromatic N) is 2. The number of imidazole rings is 1. The highest BCUT2D eigenvalue weighted by atomic mass is 16.4. The van der Waals surface area contributed by atoms with Crippen molar-refractivity contribution in [2.75, 3.05) is 0 Å². The van der Waals surface area contributed by atoms with Crippen molar-refractivity contribution in [2.45, 2.75) is 26.2 Å². The molecule has 2 heterocycles. The van der Waals surface area contributed by atoms with E-state index in [2.05, 4.69) is 201 Å². The monoisotopic (exact) mass is 792 g/mol. The van der Waals surface area contributed by atoms with Gasteiger partial charge in [0.05, 0.1) is 16.6 Å². The first-order chi connectivity index (χ1) is 30.4. The Morgan fingerprint density at radius 1 is 0.371 bits per heavy atom. The van der Waals surface area contributed by atoms with E-state index in [0.29, 0.717) is 5.84 Å². The van der Waals surface area contributed by atoms with E-state index in [-0.39, 0.29) is 5.41 Å². The van der Waals surface area contributed by atoms with Crippen LogP contribution in [0.15, 0.2) is 192 Å². The fourth-order valence-corrected chi connectivity index (χ4v) is 10.6. The molecule has 13 rings (SSSR count). The molecular weight excluding hydrogens is 753 g/mol. The highest BCUT2D eigenvalue weighted by Gasteiger charge is 2.26. The molecule has 3 heteroatoms. The third-order valence-electron chi connectivity index (χ3n) is 13.3. The van der Waals surface area contributed by atoms with Gasteiger partial charge in [0, 0.05) is 5.56 Å². The molecule has 62 heavy (non-hydrogen) atoms. The van der Waals surface area contributed by atoms with Gasteiger partial charge in [0.1, 0.15) is 0 Å². The quantitative estimate of drug-likeness (QED) is 0.166. The van der Waals surface area contributed by atoms with Crippen LogP contribution in [0, 0.1) is 0 Å². The largest absolute Gasteiger partial charge is 0.422 e. The summed E-state index contributed by atoms with van der Waals surface area (Å²) in [6, 6.07) is 69.5. The zero-order chi connectivity index (χ0) is 41.3. The molecule has 292 valence electrons. The van der Waals surface area contributed by atoms with E-state index in [1.807, 2.05) is 12.1 Å². The summed E-state index contributed by atoms with van der Waals surface area (Å²) in [4.78, 5) is 4.92. The van der Waals surface area contributed by atoms with Crippen LogP contribution in [0.3, 0.4) is 0 Å². The van der Waals surface area contributed by atoms with Gasteiger partial charge in [-0.1, -0.05) is 172 Å². The lowest BCUT2D eigenvalue weighted by atomic mass is 9.81. The Morgan fingerprint density at radius 3 is 1.21 bits per heavy atom. The molecule has 0 N–H and O–H groups in total. The molecule has 0 unspecified atom stereocenters. The maximum atomic E-state index is 6.82. The topological polar surface area (TPSA) is 30.4 Å². The van der Waals surface area contributed by atoms with Gasteiger partial charge in [-0.15, -0.1) is 0 Å². The minimum atomic E-state index is -0.152. The number of hydrogen-bond donors (Lipinski definition) is 0. The van der Waals surface area contributed by atoms with Crippen LogP contribution in [0.25, 0.3) is 125 Å². The summed E-state index contributed by atoms with van der Waals surface area (Å²) in [7, 11) is 0. The minimum Gasteiger partial charge on any atom is -0.422 e. The first kappa shape index (κ1) is 35.0. The van der Waals surface area contributed by atoms with Crippen LogP contribution in [0.4, 0.5) is 0 Å². The fourth-order valence-electron chi connectivity index (χ4n) is 10.6. The summed E-state index contributed by atoms with van der Waals surface area (Å²) in [5.74, 6) is 0.609. The lowest BCUT2D eigenvalue weighted by molar-refractivity contribution is 0.589. The van der Waals surface area contributed by atoms with Crippen molar-refractivity contribution >= 4 is 114 Å². The first-order valence-electron chi connectivity index (χ1n) is 21.5. The molecule has 0 aliphatic heterocycles. The van der Waals surface area contributed by atoms with E-state index in [1.54, 1.807) is 0 Å². The van der Waals surface area contributed by atoms with Crippen LogP contribution in [-0.2, 0) is 5.41 Å². The molecule has 0 atom stereocenters. The minimum absolute atomic E-state index is 0.152. The Labute approximate surface area is 357 Å². The van der Waals surface area contributed by atoms with Gasteiger partial charge in [-0.25, -0.2) is 0 Å². The molecule has 0 saturated heterocycles. The number of fused-ring (bicyclic) bond motifs is 21. The lowest BCUT2D eigenvalue weighted by Gasteiger charge is -2.23. The molecule has 0 aliphatic rings. The van der Waals surface area contributed by atoms with Crippen LogP contribution in [0.1, 0.15) is 26.3 Å². The van der Waals surface area contributed by atoms with Crippen molar-refractivity contribution in [1.29, 1.82) is 0 Å². The highest BCUT2D eigenvalue weighted by Crippen LogP contribution is 2.45. The maximum Gasteiger partial charge on any atom is 0.307 e. The van der Waals surface area contributed by atoms with Gasteiger partial charge in [-0.2, -0.15) is 4.98 Å². The molecule has 0 saturated carbocycles. The van der Waals surface area contributed by atoms with Crippen molar-refractivity contribution in [1.82, 2.24) is 9.38 Å². The van der Waals surface area contributed by atoms with Crippen LogP contribution in [0.2, 0.25) is 0 Å². The Bertz CT molecular complexity index is 4140. The van der Waals surface area contributed by atoms with E-state index in [9.17, 15) is 0 Å². The van der Waals surface area contributed by atoms with E-state index < -0.39 is 0 Å². The molecule has 0 spiro atoms. The number of oxazole rings is 1. The predicted octanol–water partition coefficient (Wildman–Crippen LogP) is 16.5. The zero-order valence-electron chi connectivity index (χ0n) is 34.7. The predicted molar refractivity (Wildman–Crippen MR) is 264 cm³/mol. The Balaban J connectivity index is 1.22. The van der Waals surface area contributed by atoms with E-state index in [0.717, 1.165) is 33.3 Å². The average Bonchev–Trinajstić information content (AvgIpc) is 3.86. The van der Waals surface area contributed by atoms with Gasteiger partial charge < -0.3 is 4.42 Å². The van der Waals surface area contributed by atoms with Crippen molar-refractivity contribution in [3.8, 4) is 11.1 Å². The summed E-state index contributed by atoms with van der Waals surface area (Å²) in [5, 5.41) is 19.7. The van der Waals surface area contributed by atoms with Crippen molar-refractivity contribution < 1.29 is 4.42 Å². The zero-order valence-corrected chi connectivity index (χ0v) is 34.7. The molecule has 0 fully saturated rings. The van der Waals surface area contributed by atoms with E-state index in [1.165, 1.54) is 91.7 Å². The number of benzene rings is 9. The second-order valence-corrected chi connectivity index (χ2v) is 17.8. The summed E-state index contributed by atoms with van der Waals surface area (Å²) >= 11 is 0.